The lowest BCUT2D eigenvalue weighted by atomic mass is 10.1. The number of carbonyl (C=O) groups excluding carboxylic acids is 1. The van der Waals surface area contributed by atoms with Gasteiger partial charge in [-0.2, -0.15) is 0 Å². The Kier molecular flexibility index (Phi) is 7.13. The number of amides is 1. The van der Waals surface area contributed by atoms with Gasteiger partial charge in [0, 0.05) is 24.2 Å². The van der Waals surface area contributed by atoms with Gasteiger partial charge in [0.15, 0.2) is 0 Å². The predicted octanol–water partition coefficient (Wildman–Crippen LogP) is 4.53. The van der Waals surface area contributed by atoms with Crippen LogP contribution in [-0.4, -0.2) is 27.9 Å². The number of benzene rings is 3. The Morgan fingerprint density at radius 2 is 1.57 bits per heavy atom. The van der Waals surface area contributed by atoms with Gasteiger partial charge in [-0.3, -0.25) is 9.10 Å². The van der Waals surface area contributed by atoms with E-state index >= 15 is 0 Å². The number of rotatable bonds is 8. The molecule has 0 unspecified atom stereocenters. The van der Waals surface area contributed by atoms with Crippen molar-refractivity contribution in [3.8, 4) is 0 Å². The lowest BCUT2D eigenvalue weighted by Crippen LogP contribution is -2.27. The highest BCUT2D eigenvalue weighted by Crippen LogP contribution is 2.22. The van der Waals surface area contributed by atoms with Gasteiger partial charge in [0.1, 0.15) is 0 Å². The molecule has 0 fully saturated rings. The Morgan fingerprint density at radius 3 is 2.23 bits per heavy atom. The van der Waals surface area contributed by atoms with Gasteiger partial charge < -0.3 is 5.32 Å². The van der Waals surface area contributed by atoms with Crippen molar-refractivity contribution in [2.24, 2.45) is 0 Å². The summed E-state index contributed by atoms with van der Waals surface area (Å²) in [5.41, 5.74) is 2.01. The fourth-order valence-electron chi connectivity index (χ4n) is 3.00. The van der Waals surface area contributed by atoms with Crippen molar-refractivity contribution >= 4 is 33.2 Å². The van der Waals surface area contributed by atoms with Crippen LogP contribution in [0.15, 0.2) is 83.8 Å². The highest BCUT2D eigenvalue weighted by molar-refractivity contribution is 7.92. The zero-order chi connectivity index (χ0) is 21.6. The summed E-state index contributed by atoms with van der Waals surface area (Å²) in [6.07, 6.45) is 1.55. The first-order chi connectivity index (χ1) is 14.4. The van der Waals surface area contributed by atoms with Gasteiger partial charge in [-0.15, -0.1) is 0 Å². The highest BCUT2D eigenvalue weighted by Gasteiger charge is 2.21. The number of sulfonamides is 1. The van der Waals surface area contributed by atoms with E-state index in [1.165, 1.54) is 11.4 Å². The molecule has 0 spiro atoms. The number of halogens is 1. The lowest BCUT2D eigenvalue weighted by Gasteiger charge is -2.19. The van der Waals surface area contributed by atoms with Crippen molar-refractivity contribution in [1.29, 1.82) is 0 Å². The molecule has 0 aliphatic heterocycles. The molecule has 1 N–H and O–H groups in total. The summed E-state index contributed by atoms with van der Waals surface area (Å²) in [6, 6.07) is 22.4. The number of carbonyl (C=O) groups is 1. The Bertz CT molecular complexity index is 1100. The van der Waals surface area contributed by atoms with Crippen LogP contribution < -0.4 is 9.62 Å². The molecule has 0 aromatic heterocycles. The van der Waals surface area contributed by atoms with E-state index in [4.69, 9.17) is 11.6 Å². The average Bonchev–Trinajstić information content (AvgIpc) is 2.78. The molecule has 0 atom stereocenters. The number of hydrogen-bond donors (Lipinski definition) is 1. The first-order valence-electron chi connectivity index (χ1n) is 9.55. The SMILES string of the molecule is CN(c1ccc(C(=O)NCCCc2ccccc2Cl)cc1)S(=O)(=O)c1ccccc1. The smallest absolute Gasteiger partial charge is 0.264 e. The Hall–Kier alpha value is -2.83. The first-order valence-corrected chi connectivity index (χ1v) is 11.4. The van der Waals surface area contributed by atoms with E-state index in [-0.39, 0.29) is 10.8 Å². The molecule has 3 rings (SSSR count). The normalized spacial score (nSPS) is 11.1. The van der Waals surface area contributed by atoms with Crippen LogP contribution in [0.5, 0.6) is 0 Å². The molecule has 0 bridgehead atoms. The minimum atomic E-state index is -3.65. The molecule has 0 heterocycles. The molecule has 3 aromatic carbocycles. The summed E-state index contributed by atoms with van der Waals surface area (Å²) in [5, 5.41) is 3.61. The van der Waals surface area contributed by atoms with Crippen molar-refractivity contribution < 1.29 is 13.2 Å². The topological polar surface area (TPSA) is 66.5 Å². The van der Waals surface area contributed by atoms with Crippen LogP contribution in [0.25, 0.3) is 0 Å². The minimum Gasteiger partial charge on any atom is -0.352 e. The Balaban J connectivity index is 1.57. The van der Waals surface area contributed by atoms with Crippen molar-refractivity contribution in [3.05, 3.63) is 95.0 Å². The van der Waals surface area contributed by atoms with Crippen molar-refractivity contribution in [3.63, 3.8) is 0 Å². The standard InChI is InChI=1S/C23H23ClN2O3S/c1-26(30(28,29)21-10-3-2-4-11-21)20-15-13-19(14-16-20)23(27)25-17-7-9-18-8-5-6-12-22(18)24/h2-6,8,10-16H,7,9,17H2,1H3,(H,25,27). The molecule has 3 aromatic rings. The number of aryl methyl sites for hydroxylation is 1. The predicted molar refractivity (Wildman–Crippen MR) is 121 cm³/mol. The zero-order valence-corrected chi connectivity index (χ0v) is 18.2. The summed E-state index contributed by atoms with van der Waals surface area (Å²) in [4.78, 5) is 12.6. The largest absolute Gasteiger partial charge is 0.352 e. The number of hydrogen-bond acceptors (Lipinski definition) is 3. The van der Waals surface area contributed by atoms with E-state index < -0.39 is 10.0 Å². The first kappa shape index (κ1) is 21.9. The second kappa shape index (κ2) is 9.78. The summed E-state index contributed by atoms with van der Waals surface area (Å²) in [6.45, 7) is 0.522. The molecular formula is C23H23ClN2O3S. The second-order valence-electron chi connectivity index (χ2n) is 6.78. The monoisotopic (exact) mass is 442 g/mol. The van der Waals surface area contributed by atoms with Crippen LogP contribution in [-0.2, 0) is 16.4 Å². The average molecular weight is 443 g/mol. The van der Waals surface area contributed by atoms with Gasteiger partial charge in [0.2, 0.25) is 0 Å². The van der Waals surface area contributed by atoms with E-state index in [1.54, 1.807) is 54.6 Å². The molecule has 7 heteroatoms. The Labute approximate surface area is 182 Å². The minimum absolute atomic E-state index is 0.200. The van der Waals surface area contributed by atoms with Crippen molar-refractivity contribution in [2.75, 3.05) is 17.9 Å². The van der Waals surface area contributed by atoms with Gasteiger partial charge in [-0.1, -0.05) is 48.0 Å². The van der Waals surface area contributed by atoms with Gasteiger partial charge in [0.05, 0.1) is 10.6 Å². The van der Waals surface area contributed by atoms with Gasteiger partial charge >= 0.3 is 0 Å². The van der Waals surface area contributed by atoms with Gasteiger partial charge in [-0.25, -0.2) is 8.42 Å². The quantitative estimate of drug-likeness (QED) is 0.521. The Morgan fingerprint density at radius 1 is 0.933 bits per heavy atom. The summed E-state index contributed by atoms with van der Waals surface area (Å²) in [7, 11) is -2.16. The third kappa shape index (κ3) is 5.20. The van der Waals surface area contributed by atoms with Crippen molar-refractivity contribution in [2.45, 2.75) is 17.7 Å². The number of nitrogens with one attached hydrogen (secondary N) is 1. The maximum atomic E-state index is 12.7. The van der Waals surface area contributed by atoms with Crippen LogP contribution in [0.4, 0.5) is 5.69 Å². The molecule has 0 radical (unpaired) electrons. The van der Waals surface area contributed by atoms with E-state index in [0.29, 0.717) is 17.8 Å². The van der Waals surface area contributed by atoms with E-state index in [9.17, 15) is 13.2 Å². The third-order valence-electron chi connectivity index (χ3n) is 4.76. The number of anilines is 1. The third-order valence-corrected chi connectivity index (χ3v) is 6.93. The maximum absolute atomic E-state index is 12.7. The molecular weight excluding hydrogens is 420 g/mol. The van der Waals surface area contributed by atoms with Crippen LogP contribution >= 0.6 is 11.6 Å². The highest BCUT2D eigenvalue weighted by atomic mass is 35.5. The van der Waals surface area contributed by atoms with E-state index in [1.807, 2.05) is 24.3 Å². The summed E-state index contributed by atoms with van der Waals surface area (Å²) < 4.78 is 26.6. The van der Waals surface area contributed by atoms with Crippen molar-refractivity contribution in [1.82, 2.24) is 5.32 Å². The fourth-order valence-corrected chi connectivity index (χ4v) is 4.44. The summed E-state index contributed by atoms with van der Waals surface area (Å²) in [5.74, 6) is -0.200. The van der Waals surface area contributed by atoms with Gasteiger partial charge in [-0.05, 0) is 60.9 Å². The van der Waals surface area contributed by atoms with Crippen LogP contribution in [0.3, 0.4) is 0 Å². The molecule has 0 saturated carbocycles. The molecule has 0 aliphatic rings. The molecule has 0 saturated heterocycles. The summed E-state index contributed by atoms with van der Waals surface area (Å²) >= 11 is 6.14. The van der Waals surface area contributed by atoms with E-state index in [0.717, 1.165) is 23.4 Å². The lowest BCUT2D eigenvalue weighted by molar-refractivity contribution is 0.0953. The molecule has 5 nitrogen and oxygen atoms in total. The molecule has 156 valence electrons. The van der Waals surface area contributed by atoms with Crippen LogP contribution in [0.2, 0.25) is 5.02 Å². The van der Waals surface area contributed by atoms with Crippen LogP contribution in [0, 0.1) is 0 Å². The fraction of sp³-hybridized carbons (Fsp3) is 0.174. The van der Waals surface area contributed by atoms with Crippen LogP contribution in [0.1, 0.15) is 22.3 Å². The zero-order valence-electron chi connectivity index (χ0n) is 16.6. The maximum Gasteiger partial charge on any atom is 0.264 e. The molecule has 30 heavy (non-hydrogen) atoms. The van der Waals surface area contributed by atoms with E-state index in [2.05, 4.69) is 5.32 Å². The van der Waals surface area contributed by atoms with Gasteiger partial charge in [0.25, 0.3) is 15.9 Å². The second-order valence-corrected chi connectivity index (χ2v) is 9.16. The molecule has 0 aliphatic carbocycles. The molecule has 1 amide bonds. The number of nitrogens with zero attached hydrogens (tertiary/aromatic N) is 1.